The van der Waals surface area contributed by atoms with Crippen LogP contribution in [0.4, 0.5) is 11.4 Å². The molecule has 0 saturated heterocycles. The number of aliphatic imine (C=N–C) groups is 4. The van der Waals surface area contributed by atoms with E-state index in [2.05, 4.69) is 20.0 Å². The van der Waals surface area contributed by atoms with E-state index in [-0.39, 0.29) is 12.4 Å². The molecule has 8 nitrogen and oxygen atoms in total. The van der Waals surface area contributed by atoms with E-state index in [4.69, 9.17) is 22.9 Å². The van der Waals surface area contributed by atoms with Gasteiger partial charge in [-0.2, -0.15) is 0 Å². The van der Waals surface area contributed by atoms with E-state index < -0.39 is 0 Å². The minimum atomic E-state index is 0. The fraction of sp³-hybridized carbons (Fsp3) is 0.154. The molecular weight excluding hydrogens is 460 g/mol. The summed E-state index contributed by atoms with van der Waals surface area (Å²) in [5, 5.41) is 0. The third kappa shape index (κ3) is 7.41. The Kier molecular flexibility index (Phi) is 9.98. The molecule has 35 heavy (non-hydrogen) atoms. The minimum Gasteiger partial charge on any atom is -0.384 e. The summed E-state index contributed by atoms with van der Waals surface area (Å²) < 4.78 is 0. The van der Waals surface area contributed by atoms with E-state index in [9.17, 15) is 0 Å². The number of benzene rings is 3. The maximum absolute atomic E-state index is 6.20. The van der Waals surface area contributed by atoms with E-state index >= 15 is 0 Å². The van der Waals surface area contributed by atoms with Crippen LogP contribution in [0.2, 0.25) is 0 Å². The molecule has 0 amide bonds. The summed E-state index contributed by atoms with van der Waals surface area (Å²) in [5.41, 5.74) is 29.0. The van der Waals surface area contributed by atoms with Crippen molar-refractivity contribution in [1.29, 1.82) is 0 Å². The first-order valence-corrected chi connectivity index (χ1v) is 11.0. The fourth-order valence-corrected chi connectivity index (χ4v) is 3.16. The second-order valence-electron chi connectivity index (χ2n) is 7.38. The van der Waals surface area contributed by atoms with Crippen LogP contribution in [-0.2, 0) is 0 Å². The van der Waals surface area contributed by atoms with Gasteiger partial charge in [0.1, 0.15) is 23.3 Å². The Morgan fingerprint density at radius 1 is 0.486 bits per heavy atom. The molecule has 0 atom stereocenters. The van der Waals surface area contributed by atoms with Crippen molar-refractivity contribution in [3.05, 3.63) is 95.1 Å². The van der Waals surface area contributed by atoms with E-state index in [1.165, 1.54) is 0 Å². The van der Waals surface area contributed by atoms with Crippen molar-refractivity contribution in [2.75, 3.05) is 13.1 Å². The zero-order valence-electron chi connectivity index (χ0n) is 19.8. The lowest BCUT2D eigenvalue weighted by Gasteiger charge is -2.06. The Balaban J connectivity index is 0.00000432. The van der Waals surface area contributed by atoms with Crippen molar-refractivity contribution in [3.8, 4) is 0 Å². The zero-order valence-corrected chi connectivity index (χ0v) is 20.7. The predicted octanol–water partition coefficient (Wildman–Crippen LogP) is 3.63. The number of halogens is 1. The molecule has 3 aromatic rings. The van der Waals surface area contributed by atoms with Gasteiger partial charge in [0.15, 0.2) is 0 Å². The SMILES string of the molecule is CCN=C(N)c1ccc(N=C(N)c2ccc(C(N)=Nc3ccc(C(N)=NCC)cc3)cc2)cc1.Cl. The molecule has 0 bridgehead atoms. The van der Waals surface area contributed by atoms with Gasteiger partial charge >= 0.3 is 0 Å². The van der Waals surface area contributed by atoms with E-state index in [1.807, 2.05) is 86.6 Å². The van der Waals surface area contributed by atoms with Crippen LogP contribution in [0, 0.1) is 0 Å². The first-order valence-electron chi connectivity index (χ1n) is 11.0. The Bertz CT molecular complexity index is 1130. The summed E-state index contributed by atoms with van der Waals surface area (Å²) in [4.78, 5) is 17.4. The highest BCUT2D eigenvalue weighted by Gasteiger charge is 2.04. The molecule has 0 spiro atoms. The Hall–Kier alpha value is -4.17. The smallest absolute Gasteiger partial charge is 0.131 e. The van der Waals surface area contributed by atoms with Gasteiger partial charge in [0.05, 0.1) is 11.4 Å². The van der Waals surface area contributed by atoms with Crippen LogP contribution in [0.3, 0.4) is 0 Å². The molecule has 3 aromatic carbocycles. The van der Waals surface area contributed by atoms with Gasteiger partial charge in [-0.3, -0.25) is 9.98 Å². The highest BCUT2D eigenvalue weighted by Crippen LogP contribution is 2.17. The van der Waals surface area contributed by atoms with E-state index in [0.717, 1.165) is 33.6 Å². The molecule has 8 N–H and O–H groups in total. The topological polar surface area (TPSA) is 154 Å². The third-order valence-electron chi connectivity index (χ3n) is 4.96. The standard InChI is InChI=1S/C26H30N8.ClH/c1-3-31-23(27)17-9-13-21(14-10-17)33-25(29)19-5-7-20(8-6-19)26(30)34-22-15-11-18(12-16-22)24(28)32-4-2;/h5-16H,3-4H2,1-2H3,(H2,27,31)(H2,28,32)(H2,29,33)(H2,30,34);1H. The summed E-state index contributed by atoms with van der Waals surface area (Å²) in [7, 11) is 0. The van der Waals surface area contributed by atoms with Crippen molar-refractivity contribution in [1.82, 2.24) is 0 Å². The van der Waals surface area contributed by atoms with E-state index in [0.29, 0.717) is 36.4 Å². The molecule has 0 aromatic heterocycles. The number of hydrogen-bond donors (Lipinski definition) is 4. The monoisotopic (exact) mass is 490 g/mol. The van der Waals surface area contributed by atoms with Gasteiger partial charge in [0, 0.05) is 35.3 Å². The molecule has 0 fully saturated rings. The first-order chi connectivity index (χ1) is 16.4. The maximum atomic E-state index is 6.20. The van der Waals surface area contributed by atoms with Crippen molar-refractivity contribution in [2.24, 2.45) is 42.9 Å². The van der Waals surface area contributed by atoms with Crippen LogP contribution in [0.1, 0.15) is 36.1 Å². The van der Waals surface area contributed by atoms with Gasteiger partial charge in [-0.1, -0.05) is 24.3 Å². The molecule has 0 aliphatic heterocycles. The Morgan fingerprint density at radius 2 is 0.743 bits per heavy atom. The van der Waals surface area contributed by atoms with Crippen molar-refractivity contribution in [3.63, 3.8) is 0 Å². The Labute approximate surface area is 212 Å². The Morgan fingerprint density at radius 3 is 1.03 bits per heavy atom. The zero-order chi connectivity index (χ0) is 24.5. The van der Waals surface area contributed by atoms with E-state index in [1.54, 1.807) is 0 Å². The summed E-state index contributed by atoms with van der Waals surface area (Å²) in [5.74, 6) is 1.80. The van der Waals surface area contributed by atoms with Crippen LogP contribution in [0.15, 0.2) is 92.8 Å². The fourth-order valence-electron chi connectivity index (χ4n) is 3.16. The van der Waals surface area contributed by atoms with Crippen molar-refractivity contribution >= 4 is 47.1 Å². The molecule has 0 radical (unpaired) electrons. The van der Waals surface area contributed by atoms with Crippen LogP contribution in [-0.4, -0.2) is 36.4 Å². The summed E-state index contributed by atoms with van der Waals surface area (Å²) in [6, 6.07) is 22.4. The lowest BCUT2D eigenvalue weighted by Crippen LogP contribution is -2.16. The first kappa shape index (κ1) is 27.1. The molecule has 182 valence electrons. The number of hydrogen-bond acceptors (Lipinski definition) is 4. The van der Waals surface area contributed by atoms with Crippen LogP contribution < -0.4 is 22.9 Å². The predicted molar refractivity (Wildman–Crippen MR) is 150 cm³/mol. The number of nitrogens with two attached hydrogens (primary N) is 4. The molecule has 0 heterocycles. The molecule has 9 heteroatoms. The van der Waals surface area contributed by atoms with Crippen molar-refractivity contribution in [2.45, 2.75) is 13.8 Å². The highest BCUT2D eigenvalue weighted by atomic mass is 35.5. The molecule has 3 rings (SSSR count). The minimum absolute atomic E-state index is 0. The summed E-state index contributed by atoms with van der Waals surface area (Å²) in [6.45, 7) is 5.16. The average Bonchev–Trinajstić information content (AvgIpc) is 2.85. The van der Waals surface area contributed by atoms with Crippen LogP contribution in [0.25, 0.3) is 0 Å². The van der Waals surface area contributed by atoms with Gasteiger partial charge in [-0.05, 0) is 62.4 Å². The highest BCUT2D eigenvalue weighted by molar-refractivity contribution is 6.03. The van der Waals surface area contributed by atoms with Crippen LogP contribution >= 0.6 is 12.4 Å². The molecule has 0 unspecified atom stereocenters. The third-order valence-corrected chi connectivity index (χ3v) is 4.96. The van der Waals surface area contributed by atoms with Gasteiger partial charge < -0.3 is 22.9 Å². The second kappa shape index (κ2) is 12.9. The van der Waals surface area contributed by atoms with Gasteiger partial charge in [-0.15, -0.1) is 12.4 Å². The number of amidine groups is 4. The molecule has 0 saturated carbocycles. The summed E-state index contributed by atoms with van der Waals surface area (Å²) >= 11 is 0. The quantitative estimate of drug-likeness (QED) is 0.281. The maximum Gasteiger partial charge on any atom is 0.131 e. The van der Waals surface area contributed by atoms with Gasteiger partial charge in [-0.25, -0.2) is 9.98 Å². The number of nitrogens with zero attached hydrogens (tertiary/aromatic N) is 4. The normalized spacial score (nSPS) is 12.9. The lowest BCUT2D eigenvalue weighted by molar-refractivity contribution is 1.12. The van der Waals surface area contributed by atoms with Gasteiger partial charge in [0.25, 0.3) is 0 Å². The average molecular weight is 491 g/mol. The lowest BCUT2D eigenvalue weighted by atomic mass is 10.1. The molecule has 0 aliphatic carbocycles. The largest absolute Gasteiger partial charge is 0.384 e. The summed E-state index contributed by atoms with van der Waals surface area (Å²) in [6.07, 6.45) is 0. The second-order valence-corrected chi connectivity index (χ2v) is 7.38. The van der Waals surface area contributed by atoms with Crippen molar-refractivity contribution < 1.29 is 0 Å². The molecular formula is C26H31ClN8. The molecule has 0 aliphatic rings. The number of rotatable bonds is 8. The van der Waals surface area contributed by atoms with Crippen LogP contribution in [0.5, 0.6) is 0 Å². The van der Waals surface area contributed by atoms with Gasteiger partial charge in [0.2, 0.25) is 0 Å².